The molecule has 2 atom stereocenters. The van der Waals surface area contributed by atoms with Crippen molar-refractivity contribution >= 4 is 5.69 Å². The predicted molar refractivity (Wildman–Crippen MR) is 52.5 cm³/mol. The Hall–Kier alpha value is -1.30. The quantitative estimate of drug-likeness (QED) is 0.326. The van der Waals surface area contributed by atoms with Crippen LogP contribution in [0, 0.1) is 0 Å². The fourth-order valence-electron chi connectivity index (χ4n) is 1.15. The molecule has 1 aromatic rings. The van der Waals surface area contributed by atoms with Gasteiger partial charge in [0.25, 0.3) is 0 Å². The normalized spacial score (nSPS) is 15.1. The number of nitrogen functional groups attached to an aromatic ring is 1. The number of aromatic hydroxyl groups is 1. The summed E-state index contributed by atoms with van der Waals surface area (Å²) in [5.74, 6) is -0.215. The maximum absolute atomic E-state index is 9.55. The fourth-order valence-corrected chi connectivity index (χ4v) is 1.15. The molecule has 5 nitrogen and oxygen atoms in total. The van der Waals surface area contributed by atoms with E-state index in [0.29, 0.717) is 0 Å². The minimum absolute atomic E-state index is 0.0879. The maximum atomic E-state index is 9.55. The van der Waals surface area contributed by atoms with Crippen molar-refractivity contribution in [3.8, 4) is 5.75 Å². The van der Waals surface area contributed by atoms with Crippen LogP contribution in [0.25, 0.3) is 0 Å². The van der Waals surface area contributed by atoms with Crippen molar-refractivity contribution in [2.24, 2.45) is 5.73 Å². The first kappa shape index (κ1) is 10.8. The highest BCUT2D eigenvalue weighted by molar-refractivity contribution is 5.56. The van der Waals surface area contributed by atoms with Gasteiger partial charge in [-0.1, -0.05) is 12.1 Å². The highest BCUT2D eigenvalue weighted by Crippen LogP contribution is 2.30. The molecule has 0 bridgehead atoms. The molecule has 0 aliphatic heterocycles. The number of phenolic OH excluding ortho intramolecular Hbond substituents is 1. The van der Waals surface area contributed by atoms with Crippen molar-refractivity contribution in [3.63, 3.8) is 0 Å². The number of nitrogens with two attached hydrogens (primary N) is 2. The summed E-state index contributed by atoms with van der Waals surface area (Å²) in [6.45, 7) is -0.0879. The third kappa shape index (κ3) is 1.95. The topological polar surface area (TPSA) is 113 Å². The highest BCUT2D eigenvalue weighted by Gasteiger charge is 2.20. The number of anilines is 1. The van der Waals surface area contributed by atoms with Crippen LogP contribution in [0.2, 0.25) is 0 Å². The molecule has 78 valence electrons. The summed E-state index contributed by atoms with van der Waals surface area (Å²) in [5, 5.41) is 28.3. The number of benzene rings is 1. The van der Waals surface area contributed by atoms with Crippen LogP contribution in [0.15, 0.2) is 18.2 Å². The van der Waals surface area contributed by atoms with Crippen LogP contribution in [0.3, 0.4) is 0 Å². The number of aliphatic hydroxyl groups is 2. The summed E-state index contributed by atoms with van der Waals surface area (Å²) in [7, 11) is 0. The number of hydrogen-bond acceptors (Lipinski definition) is 5. The molecular formula is C9H14N2O3. The molecule has 0 amide bonds. The monoisotopic (exact) mass is 198 g/mol. The highest BCUT2D eigenvalue weighted by atomic mass is 16.3. The van der Waals surface area contributed by atoms with Crippen molar-refractivity contribution in [2.45, 2.75) is 12.2 Å². The summed E-state index contributed by atoms with van der Waals surface area (Å²) in [6.07, 6.45) is -2.33. The molecule has 0 spiro atoms. The van der Waals surface area contributed by atoms with Crippen molar-refractivity contribution in [3.05, 3.63) is 23.8 Å². The van der Waals surface area contributed by atoms with Gasteiger partial charge in [-0.05, 0) is 6.07 Å². The van der Waals surface area contributed by atoms with E-state index in [1.165, 1.54) is 12.1 Å². The SMILES string of the molecule is NCC(O)C(O)c1cccc(N)c1O. The summed E-state index contributed by atoms with van der Waals surface area (Å²) < 4.78 is 0. The second-order valence-corrected chi connectivity index (χ2v) is 3.03. The van der Waals surface area contributed by atoms with Crippen LogP contribution < -0.4 is 11.5 Å². The Morgan fingerprint density at radius 1 is 1.29 bits per heavy atom. The van der Waals surface area contributed by atoms with E-state index in [2.05, 4.69) is 0 Å². The molecule has 0 radical (unpaired) electrons. The lowest BCUT2D eigenvalue weighted by atomic mass is 10.0. The lowest BCUT2D eigenvalue weighted by Gasteiger charge is -2.17. The van der Waals surface area contributed by atoms with Crippen molar-refractivity contribution < 1.29 is 15.3 Å². The third-order valence-corrected chi connectivity index (χ3v) is 2.02. The zero-order chi connectivity index (χ0) is 10.7. The molecule has 1 aromatic carbocycles. The van der Waals surface area contributed by atoms with Crippen molar-refractivity contribution in [2.75, 3.05) is 12.3 Å². The van der Waals surface area contributed by atoms with Crippen molar-refractivity contribution in [1.29, 1.82) is 0 Å². The largest absolute Gasteiger partial charge is 0.505 e. The van der Waals surface area contributed by atoms with E-state index < -0.39 is 12.2 Å². The number of rotatable bonds is 3. The molecule has 0 heterocycles. The second kappa shape index (κ2) is 4.28. The van der Waals surface area contributed by atoms with Crippen molar-refractivity contribution in [1.82, 2.24) is 0 Å². The summed E-state index contributed by atoms with van der Waals surface area (Å²) in [6, 6.07) is 4.56. The summed E-state index contributed by atoms with van der Waals surface area (Å²) >= 11 is 0. The zero-order valence-electron chi connectivity index (χ0n) is 7.59. The standard InChI is InChI=1S/C9H14N2O3/c10-4-7(12)9(14)5-2-1-3-6(11)8(5)13/h1-3,7,9,12-14H,4,10-11H2. The predicted octanol–water partition coefficient (Wildman–Crippen LogP) is -0.673. The van der Waals surface area contributed by atoms with Crippen LogP contribution >= 0.6 is 0 Å². The third-order valence-electron chi connectivity index (χ3n) is 2.02. The van der Waals surface area contributed by atoms with Gasteiger partial charge in [0, 0.05) is 12.1 Å². The number of phenols is 1. The smallest absolute Gasteiger partial charge is 0.144 e. The van der Waals surface area contributed by atoms with Crippen LogP contribution in [-0.4, -0.2) is 28.0 Å². The molecular weight excluding hydrogens is 184 g/mol. The van der Waals surface area contributed by atoms with Gasteiger partial charge in [0.15, 0.2) is 0 Å². The van der Waals surface area contributed by atoms with Crippen LogP contribution in [-0.2, 0) is 0 Å². The van der Waals surface area contributed by atoms with Gasteiger partial charge >= 0.3 is 0 Å². The zero-order valence-corrected chi connectivity index (χ0v) is 7.59. The number of para-hydroxylation sites is 1. The fraction of sp³-hybridized carbons (Fsp3) is 0.333. The Kier molecular flexibility index (Phi) is 3.29. The van der Waals surface area contributed by atoms with E-state index in [0.717, 1.165) is 0 Å². The lowest BCUT2D eigenvalue weighted by Crippen LogP contribution is -2.27. The first-order chi connectivity index (χ1) is 6.57. The summed E-state index contributed by atoms with van der Waals surface area (Å²) in [5.41, 5.74) is 10.9. The van der Waals surface area contributed by atoms with Crippen LogP contribution in [0.5, 0.6) is 5.75 Å². The Balaban J connectivity index is 3.01. The Morgan fingerprint density at radius 3 is 2.50 bits per heavy atom. The molecule has 14 heavy (non-hydrogen) atoms. The minimum Gasteiger partial charge on any atom is -0.505 e. The molecule has 0 saturated heterocycles. The van der Waals surface area contributed by atoms with Gasteiger partial charge in [-0.25, -0.2) is 0 Å². The molecule has 0 saturated carbocycles. The molecule has 1 rings (SSSR count). The Labute approximate surface area is 81.6 Å². The first-order valence-electron chi connectivity index (χ1n) is 4.21. The van der Waals surface area contributed by atoms with Gasteiger partial charge in [-0.15, -0.1) is 0 Å². The average molecular weight is 198 g/mol. The molecule has 0 fully saturated rings. The lowest BCUT2D eigenvalue weighted by molar-refractivity contribution is 0.0230. The summed E-state index contributed by atoms with van der Waals surface area (Å²) in [4.78, 5) is 0. The van der Waals surface area contributed by atoms with E-state index in [1.54, 1.807) is 6.07 Å². The number of hydrogen-bond donors (Lipinski definition) is 5. The molecule has 7 N–H and O–H groups in total. The van der Waals surface area contributed by atoms with E-state index in [-0.39, 0.29) is 23.5 Å². The molecule has 2 unspecified atom stereocenters. The van der Waals surface area contributed by atoms with Gasteiger partial charge in [0.2, 0.25) is 0 Å². The van der Waals surface area contributed by atoms with Gasteiger partial charge in [0.05, 0.1) is 11.8 Å². The van der Waals surface area contributed by atoms with Gasteiger partial charge in [-0.2, -0.15) is 0 Å². The van der Waals surface area contributed by atoms with Gasteiger partial charge < -0.3 is 26.8 Å². The molecule has 0 aromatic heterocycles. The molecule has 5 heteroatoms. The Morgan fingerprint density at radius 2 is 1.93 bits per heavy atom. The maximum Gasteiger partial charge on any atom is 0.144 e. The van der Waals surface area contributed by atoms with E-state index >= 15 is 0 Å². The van der Waals surface area contributed by atoms with Crippen LogP contribution in [0.1, 0.15) is 11.7 Å². The van der Waals surface area contributed by atoms with Gasteiger partial charge in [0.1, 0.15) is 11.9 Å². The van der Waals surface area contributed by atoms with Gasteiger partial charge in [-0.3, -0.25) is 0 Å². The number of aliphatic hydroxyl groups excluding tert-OH is 2. The molecule has 0 aliphatic rings. The van der Waals surface area contributed by atoms with Crippen LogP contribution in [0.4, 0.5) is 5.69 Å². The van der Waals surface area contributed by atoms with E-state index in [1.807, 2.05) is 0 Å². The second-order valence-electron chi connectivity index (χ2n) is 3.03. The minimum atomic E-state index is -1.22. The average Bonchev–Trinajstić information content (AvgIpc) is 2.20. The molecule has 0 aliphatic carbocycles. The van der Waals surface area contributed by atoms with E-state index in [9.17, 15) is 15.3 Å². The first-order valence-corrected chi connectivity index (χ1v) is 4.21. The van der Waals surface area contributed by atoms with E-state index in [4.69, 9.17) is 11.5 Å². The Bertz CT molecular complexity index is 317.